The van der Waals surface area contributed by atoms with Gasteiger partial charge in [-0.1, -0.05) is 303 Å². The quantitative estimate of drug-likeness (QED) is 0.110. The van der Waals surface area contributed by atoms with Crippen LogP contribution < -0.4 is 0 Å². The lowest BCUT2D eigenvalue weighted by Gasteiger charge is -2.12. The molecule has 18 aromatic rings. The van der Waals surface area contributed by atoms with Crippen LogP contribution in [0.15, 0.2) is 334 Å². The molecule has 12 aromatic carbocycles. The summed E-state index contributed by atoms with van der Waals surface area (Å²) in [6.07, 6.45) is 0. The minimum absolute atomic E-state index is 0.634. The first-order valence-corrected chi connectivity index (χ1v) is 35.0. The van der Waals surface area contributed by atoms with Gasteiger partial charge in [0.25, 0.3) is 0 Å². The zero-order valence-corrected chi connectivity index (χ0v) is 57.8. The van der Waals surface area contributed by atoms with E-state index in [1.807, 2.05) is 93.6 Å². The Morgan fingerprint density at radius 1 is 0.163 bits per heavy atom. The van der Waals surface area contributed by atoms with Crippen molar-refractivity contribution in [1.29, 1.82) is 0 Å². The molecular formula is C95H67N9. The number of benzene rings is 12. The van der Waals surface area contributed by atoms with E-state index in [9.17, 15) is 0 Å². The van der Waals surface area contributed by atoms with Crippen LogP contribution in [0.1, 0.15) is 22.8 Å². The van der Waals surface area contributed by atoms with Crippen LogP contribution in [0.5, 0.6) is 0 Å². The topological polar surface area (TPSA) is 116 Å². The molecule has 9 heteroatoms. The van der Waals surface area contributed by atoms with Crippen LogP contribution in [0.3, 0.4) is 0 Å². The fourth-order valence-electron chi connectivity index (χ4n) is 13.7. The van der Waals surface area contributed by atoms with E-state index in [-0.39, 0.29) is 0 Å². The fourth-order valence-corrected chi connectivity index (χ4v) is 13.7. The van der Waals surface area contributed by atoms with Crippen molar-refractivity contribution in [2.24, 2.45) is 0 Å². The van der Waals surface area contributed by atoms with E-state index in [0.717, 1.165) is 161 Å². The van der Waals surface area contributed by atoms with Gasteiger partial charge >= 0.3 is 0 Å². The van der Waals surface area contributed by atoms with E-state index in [1.54, 1.807) is 0 Å². The molecule has 0 spiro atoms. The predicted octanol–water partition coefficient (Wildman–Crippen LogP) is 23.8. The molecule has 0 unspecified atom stereocenters. The van der Waals surface area contributed by atoms with Crippen molar-refractivity contribution in [3.05, 3.63) is 356 Å². The maximum Gasteiger partial charge on any atom is 0.164 e. The Bertz CT molecular complexity index is 5790. The van der Waals surface area contributed by atoms with E-state index in [4.69, 9.17) is 44.9 Å². The van der Waals surface area contributed by atoms with Gasteiger partial charge < -0.3 is 0 Å². The van der Waals surface area contributed by atoms with E-state index in [2.05, 4.69) is 268 Å². The standard InChI is InChI=1S/C48H34N4.C47H33N5/c1-31-13-14-40-27-28-42-43(29-32(2)50-47(42)46(40)49-31)37-21-15-35(16-22-37)36-19-25-41(26-20-36)48-51-44(38-11-7-4-8-12-38)30-45(52-48)39-23-17-34(18-24-39)33-9-5-3-6-10-33;1-30-13-14-37-27-28-41-42(29-31(2)49-44(41)43(37)48-30)36-21-15-34(16-22-36)35-19-25-40(26-20-35)47-51-45(38-11-7-4-8-12-38)50-46(52-47)39-23-17-33(18-24-39)32-9-5-3-6-10-32/h3-30H,1-2H3;3-29H,1-2H3. The van der Waals surface area contributed by atoms with Crippen LogP contribution in [0.2, 0.25) is 0 Å². The molecule has 6 heterocycles. The lowest BCUT2D eigenvalue weighted by Crippen LogP contribution is -2.00. The number of aryl methyl sites for hydroxylation is 4. The minimum atomic E-state index is 0.634. The smallest absolute Gasteiger partial charge is 0.164 e. The van der Waals surface area contributed by atoms with Gasteiger partial charge in [0, 0.05) is 77.7 Å². The van der Waals surface area contributed by atoms with Gasteiger partial charge in [-0.3, -0.25) is 19.9 Å². The third-order valence-electron chi connectivity index (χ3n) is 19.2. The molecule has 0 bridgehead atoms. The van der Waals surface area contributed by atoms with Crippen LogP contribution in [0.4, 0.5) is 0 Å². The van der Waals surface area contributed by atoms with Crippen molar-refractivity contribution in [3.63, 3.8) is 0 Å². The summed E-state index contributed by atoms with van der Waals surface area (Å²) in [7, 11) is 0. The number of hydrogen-bond donors (Lipinski definition) is 0. The average Bonchev–Trinajstić information content (AvgIpc) is 0.768. The summed E-state index contributed by atoms with van der Waals surface area (Å²) in [5.41, 5.74) is 29.2. The molecule has 492 valence electrons. The first kappa shape index (κ1) is 63.8. The normalized spacial score (nSPS) is 11.3. The molecule has 18 rings (SSSR count). The second-order valence-corrected chi connectivity index (χ2v) is 26.3. The summed E-state index contributed by atoms with van der Waals surface area (Å²) < 4.78 is 0. The largest absolute Gasteiger partial charge is 0.251 e. The number of nitrogens with zero attached hydrogens (tertiary/aromatic N) is 9. The summed E-state index contributed by atoms with van der Waals surface area (Å²) in [6.45, 7) is 8.15. The number of aromatic nitrogens is 9. The zero-order chi connectivity index (χ0) is 70.0. The van der Waals surface area contributed by atoms with Gasteiger partial charge in [-0.2, -0.15) is 0 Å². The molecule has 0 N–H and O–H groups in total. The van der Waals surface area contributed by atoms with Gasteiger partial charge in [0.05, 0.1) is 33.5 Å². The average molecular weight is 1330 g/mol. The van der Waals surface area contributed by atoms with Crippen molar-refractivity contribution in [2.75, 3.05) is 0 Å². The summed E-state index contributed by atoms with van der Waals surface area (Å²) in [5.74, 6) is 2.61. The molecule has 0 aliphatic carbocycles. The van der Waals surface area contributed by atoms with Crippen LogP contribution in [-0.2, 0) is 0 Å². The molecule has 0 saturated heterocycles. The van der Waals surface area contributed by atoms with E-state index >= 15 is 0 Å². The molecular weight excluding hydrogens is 1270 g/mol. The summed E-state index contributed by atoms with van der Waals surface area (Å²) >= 11 is 0. The number of rotatable bonds is 12. The highest BCUT2D eigenvalue weighted by molar-refractivity contribution is 6.10. The van der Waals surface area contributed by atoms with Crippen molar-refractivity contribution in [2.45, 2.75) is 27.7 Å². The Labute approximate surface area is 603 Å². The molecule has 0 radical (unpaired) electrons. The lowest BCUT2D eigenvalue weighted by molar-refractivity contribution is 1.07. The zero-order valence-electron chi connectivity index (χ0n) is 57.8. The molecule has 104 heavy (non-hydrogen) atoms. The highest BCUT2D eigenvalue weighted by Crippen LogP contribution is 2.38. The van der Waals surface area contributed by atoms with Crippen LogP contribution >= 0.6 is 0 Å². The maximum atomic E-state index is 5.08. The molecule has 9 nitrogen and oxygen atoms in total. The van der Waals surface area contributed by atoms with E-state index in [1.165, 1.54) is 16.7 Å². The van der Waals surface area contributed by atoms with Crippen molar-refractivity contribution in [3.8, 4) is 135 Å². The van der Waals surface area contributed by atoms with Crippen LogP contribution in [0.25, 0.3) is 178 Å². The summed E-state index contributed by atoms with van der Waals surface area (Å²) in [5, 5.41) is 4.42. The SMILES string of the molecule is Cc1ccc2ccc3c(-c4ccc(-c5ccc(-c6nc(-c7ccccc7)cc(-c7ccc(-c8ccccc8)cc7)n6)cc5)cc4)cc(C)nc3c2n1.Cc1ccc2ccc3c(-c4ccc(-c5ccc(-c6nc(-c7ccccc7)nc(-c7ccc(-c8ccccc8)cc7)n6)cc5)cc4)cc(C)nc3c2n1. The third kappa shape index (κ3) is 13.2. The van der Waals surface area contributed by atoms with Gasteiger partial charge in [0.15, 0.2) is 23.3 Å². The fraction of sp³-hybridized carbons (Fsp3) is 0.0421. The third-order valence-corrected chi connectivity index (χ3v) is 19.2. The second-order valence-electron chi connectivity index (χ2n) is 26.3. The Morgan fingerprint density at radius 3 is 0.750 bits per heavy atom. The summed E-state index contributed by atoms with van der Waals surface area (Å²) in [4.78, 5) is 44.5. The molecule has 0 atom stereocenters. The van der Waals surface area contributed by atoms with Crippen molar-refractivity contribution >= 4 is 43.6 Å². The molecule has 0 aliphatic rings. The molecule has 6 aromatic heterocycles. The van der Waals surface area contributed by atoms with E-state index < -0.39 is 0 Å². The van der Waals surface area contributed by atoms with E-state index in [0.29, 0.717) is 23.3 Å². The maximum absolute atomic E-state index is 5.08. The van der Waals surface area contributed by atoms with Crippen molar-refractivity contribution in [1.82, 2.24) is 44.9 Å². The Morgan fingerprint density at radius 2 is 0.404 bits per heavy atom. The Kier molecular flexibility index (Phi) is 17.1. The Hall–Kier alpha value is -13.6. The lowest BCUT2D eigenvalue weighted by atomic mass is 9.96. The van der Waals surface area contributed by atoms with Gasteiger partial charge in [-0.25, -0.2) is 24.9 Å². The van der Waals surface area contributed by atoms with Gasteiger partial charge in [0.1, 0.15) is 0 Å². The van der Waals surface area contributed by atoms with Gasteiger partial charge in [-0.15, -0.1) is 0 Å². The van der Waals surface area contributed by atoms with Crippen LogP contribution in [0, 0.1) is 27.7 Å². The monoisotopic (exact) mass is 1330 g/mol. The first-order chi connectivity index (χ1) is 51.1. The van der Waals surface area contributed by atoms with Crippen molar-refractivity contribution < 1.29 is 0 Å². The molecule has 0 saturated carbocycles. The second kappa shape index (κ2) is 27.8. The first-order valence-electron chi connectivity index (χ1n) is 35.0. The molecule has 0 amide bonds. The minimum Gasteiger partial charge on any atom is -0.251 e. The number of pyridine rings is 4. The van der Waals surface area contributed by atoms with Gasteiger partial charge in [-0.05, 0) is 125 Å². The molecule has 0 aliphatic heterocycles. The summed E-state index contributed by atoms with van der Waals surface area (Å²) in [6, 6.07) is 116. The highest BCUT2D eigenvalue weighted by Gasteiger charge is 2.18. The molecule has 0 fully saturated rings. The predicted molar refractivity (Wildman–Crippen MR) is 427 cm³/mol. The number of fused-ring (bicyclic) bond motifs is 6. The number of hydrogen-bond acceptors (Lipinski definition) is 9. The van der Waals surface area contributed by atoms with Gasteiger partial charge in [0.2, 0.25) is 0 Å². The van der Waals surface area contributed by atoms with Crippen LogP contribution in [-0.4, -0.2) is 44.9 Å². The Balaban J connectivity index is 0.000000154. The highest BCUT2D eigenvalue weighted by atomic mass is 15.0.